The Labute approximate surface area is 266 Å². The summed E-state index contributed by atoms with van der Waals surface area (Å²) >= 11 is 0. The Morgan fingerprint density at radius 1 is 1.09 bits per heavy atom. The van der Waals surface area contributed by atoms with Gasteiger partial charge in [-0.25, -0.2) is 9.80 Å². The molecule has 0 unspecified atom stereocenters. The van der Waals surface area contributed by atoms with Crippen molar-refractivity contribution in [1.82, 2.24) is 15.3 Å². The Hall–Kier alpha value is -2.98. The normalized spacial score (nSPS) is 37.0. The summed E-state index contributed by atoms with van der Waals surface area (Å²) in [6, 6.07) is 8.12. The number of hydrogen-bond acceptors (Lipinski definition) is 8. The molecule has 1 aromatic carbocycles. The SMILES string of the molecule is CC(C)[C@@H]1CC[C@@H](C)C[C@H]1O[C@@H]1OC(=O)[C@@H]2[C@H]1[C@@]1(CCC(=O)N3CCC[C@@H](C(=O)OC(C)(C)C)N3C1=O)N[C@@H]2c1ccccc1. The average Bonchev–Trinajstić information content (AvgIpc) is 3.47. The van der Waals surface area contributed by atoms with Crippen molar-refractivity contribution >= 4 is 23.8 Å². The third-order valence-corrected chi connectivity index (χ3v) is 10.6. The smallest absolute Gasteiger partial charge is 0.331 e. The Morgan fingerprint density at radius 3 is 2.51 bits per heavy atom. The minimum absolute atomic E-state index is 0.0804. The van der Waals surface area contributed by atoms with Gasteiger partial charge in [0.05, 0.1) is 17.9 Å². The molecule has 9 atom stereocenters. The number of ether oxygens (including phenoxy) is 3. The number of rotatable bonds is 5. The van der Waals surface area contributed by atoms with Gasteiger partial charge in [-0.2, -0.15) is 0 Å². The van der Waals surface area contributed by atoms with E-state index in [9.17, 15) is 14.4 Å². The van der Waals surface area contributed by atoms with Crippen LogP contribution in [0.15, 0.2) is 30.3 Å². The number of esters is 2. The van der Waals surface area contributed by atoms with Crippen LogP contribution in [0.1, 0.15) is 98.1 Å². The van der Waals surface area contributed by atoms with Crippen molar-refractivity contribution in [3.05, 3.63) is 35.9 Å². The van der Waals surface area contributed by atoms with Crippen LogP contribution in [0, 0.1) is 29.6 Å². The van der Waals surface area contributed by atoms with Gasteiger partial charge < -0.3 is 14.2 Å². The van der Waals surface area contributed by atoms with E-state index in [-0.39, 0.29) is 24.9 Å². The molecule has 45 heavy (non-hydrogen) atoms. The summed E-state index contributed by atoms with van der Waals surface area (Å²) in [7, 11) is 0. The van der Waals surface area contributed by atoms with E-state index < -0.39 is 59.2 Å². The fourth-order valence-corrected chi connectivity index (χ4v) is 8.54. The Balaban J connectivity index is 1.43. The number of carbonyl (C=O) groups is 4. The standard InChI is InChI=1S/C35H49N3O7/c1-20(2)23-15-14-21(3)19-25(23)43-32-28-27(31(41)44-32)29(22-11-8-7-9-12-22)36-35(28)17-16-26(39)37-18-10-13-24(38(37)33(35)42)30(40)45-34(4,5)6/h7-9,11-12,20-21,23-25,27-29,32,36H,10,13-19H2,1-6H3/t21-,23+,24+,25-,27-,28-,29-,32-,35-/m1/s1. The van der Waals surface area contributed by atoms with E-state index in [1.165, 1.54) is 10.0 Å². The van der Waals surface area contributed by atoms with E-state index in [0.29, 0.717) is 37.1 Å². The van der Waals surface area contributed by atoms with Crippen molar-refractivity contribution in [2.75, 3.05) is 6.54 Å². The van der Waals surface area contributed by atoms with Crippen LogP contribution in [0.3, 0.4) is 0 Å². The first-order valence-corrected chi connectivity index (χ1v) is 16.9. The molecule has 4 saturated heterocycles. The molecule has 1 aromatic rings. The Kier molecular flexibility index (Phi) is 8.52. The zero-order chi connectivity index (χ0) is 32.3. The Bertz CT molecular complexity index is 1310. The van der Waals surface area contributed by atoms with E-state index in [2.05, 4.69) is 26.1 Å². The van der Waals surface area contributed by atoms with Crippen LogP contribution in [0.25, 0.3) is 0 Å². The zero-order valence-corrected chi connectivity index (χ0v) is 27.5. The molecule has 1 N–H and O–H groups in total. The monoisotopic (exact) mass is 623 g/mol. The number of hydrazine groups is 1. The van der Waals surface area contributed by atoms with E-state index in [4.69, 9.17) is 14.2 Å². The number of cyclic esters (lactones) is 1. The summed E-state index contributed by atoms with van der Waals surface area (Å²) in [5, 5.41) is 6.40. The van der Waals surface area contributed by atoms with Gasteiger partial charge in [-0.15, -0.1) is 0 Å². The predicted octanol–water partition coefficient (Wildman–Crippen LogP) is 4.53. The van der Waals surface area contributed by atoms with Crippen molar-refractivity contribution in [2.45, 2.75) is 122 Å². The summed E-state index contributed by atoms with van der Waals surface area (Å²) in [5.41, 5.74) is -1.28. The molecule has 5 aliphatic rings. The van der Waals surface area contributed by atoms with E-state index >= 15 is 4.79 Å². The summed E-state index contributed by atoms with van der Waals surface area (Å²) in [4.78, 5) is 56.3. The van der Waals surface area contributed by atoms with Crippen LogP contribution >= 0.6 is 0 Å². The van der Waals surface area contributed by atoms with Gasteiger partial charge in [0, 0.05) is 19.0 Å². The lowest BCUT2D eigenvalue weighted by Gasteiger charge is -2.46. The van der Waals surface area contributed by atoms with Crippen LogP contribution in [-0.4, -0.2) is 69.9 Å². The van der Waals surface area contributed by atoms with Crippen molar-refractivity contribution in [3.63, 3.8) is 0 Å². The Morgan fingerprint density at radius 2 is 1.82 bits per heavy atom. The number of fused-ring (bicyclic) bond motifs is 3. The topological polar surface area (TPSA) is 114 Å². The van der Waals surface area contributed by atoms with E-state index in [1.807, 2.05) is 30.3 Å². The average molecular weight is 624 g/mol. The molecule has 1 spiro atoms. The fraction of sp³-hybridized carbons (Fsp3) is 0.714. The lowest BCUT2D eigenvalue weighted by atomic mass is 9.74. The van der Waals surface area contributed by atoms with Crippen LogP contribution in [-0.2, 0) is 33.4 Å². The van der Waals surface area contributed by atoms with Crippen LogP contribution in [0.2, 0.25) is 0 Å². The molecule has 0 bridgehead atoms. The highest BCUT2D eigenvalue weighted by Gasteiger charge is 2.70. The summed E-state index contributed by atoms with van der Waals surface area (Å²) in [6.45, 7) is 12.3. The number of amides is 2. The van der Waals surface area contributed by atoms with Gasteiger partial charge >= 0.3 is 11.9 Å². The highest BCUT2D eigenvalue weighted by atomic mass is 16.7. The maximum Gasteiger partial charge on any atom is 0.331 e. The molecule has 4 heterocycles. The van der Waals surface area contributed by atoms with Crippen molar-refractivity contribution < 1.29 is 33.4 Å². The van der Waals surface area contributed by atoms with Gasteiger partial charge in [0.15, 0.2) is 6.04 Å². The van der Waals surface area contributed by atoms with Crippen molar-refractivity contribution in [1.29, 1.82) is 0 Å². The van der Waals surface area contributed by atoms with Crippen LogP contribution in [0.5, 0.6) is 0 Å². The lowest BCUT2D eigenvalue weighted by molar-refractivity contribution is -0.207. The molecule has 6 rings (SSSR count). The van der Waals surface area contributed by atoms with Crippen molar-refractivity contribution in [2.24, 2.45) is 29.6 Å². The molecule has 1 saturated carbocycles. The number of nitrogens with one attached hydrogen (secondary N) is 1. The minimum Gasteiger partial charge on any atom is -0.458 e. The van der Waals surface area contributed by atoms with Gasteiger partial charge in [-0.1, -0.05) is 57.5 Å². The third-order valence-electron chi connectivity index (χ3n) is 10.6. The van der Waals surface area contributed by atoms with Crippen molar-refractivity contribution in [3.8, 4) is 0 Å². The molecule has 246 valence electrons. The molecular weight excluding hydrogens is 574 g/mol. The van der Waals surface area contributed by atoms with Gasteiger partial charge in [-0.05, 0) is 76.2 Å². The summed E-state index contributed by atoms with van der Waals surface area (Å²) in [5.74, 6) is -1.81. The van der Waals surface area contributed by atoms with E-state index in [1.54, 1.807) is 20.8 Å². The molecule has 2 amide bonds. The van der Waals surface area contributed by atoms with Gasteiger partial charge in [0.1, 0.15) is 11.1 Å². The molecule has 0 aromatic heterocycles. The van der Waals surface area contributed by atoms with Crippen LogP contribution < -0.4 is 5.32 Å². The molecule has 1 aliphatic carbocycles. The first kappa shape index (κ1) is 32.0. The van der Waals surface area contributed by atoms with Gasteiger partial charge in [-0.3, -0.25) is 24.7 Å². The summed E-state index contributed by atoms with van der Waals surface area (Å²) in [6.07, 6.45) is 3.11. The highest BCUT2D eigenvalue weighted by molar-refractivity contribution is 5.97. The zero-order valence-electron chi connectivity index (χ0n) is 27.5. The second kappa shape index (κ2) is 12.0. The molecule has 5 fully saturated rings. The maximum absolute atomic E-state index is 15.2. The number of hydrogen-bond donors (Lipinski definition) is 1. The molecule has 10 heteroatoms. The van der Waals surface area contributed by atoms with E-state index in [0.717, 1.165) is 24.8 Å². The van der Waals surface area contributed by atoms with Gasteiger partial charge in [0.25, 0.3) is 5.91 Å². The minimum atomic E-state index is -1.38. The molecule has 4 aliphatic heterocycles. The van der Waals surface area contributed by atoms with Gasteiger partial charge in [0.2, 0.25) is 12.2 Å². The van der Waals surface area contributed by atoms with Crippen LogP contribution in [0.4, 0.5) is 0 Å². The lowest BCUT2D eigenvalue weighted by Crippen LogP contribution is -2.67. The molecule has 10 nitrogen and oxygen atoms in total. The molecule has 0 radical (unpaired) electrons. The highest BCUT2D eigenvalue weighted by Crippen LogP contribution is 2.54. The third kappa shape index (κ3) is 5.77. The quantitative estimate of drug-likeness (QED) is 0.476. The fourth-order valence-electron chi connectivity index (χ4n) is 8.54. The largest absolute Gasteiger partial charge is 0.458 e. The molecular formula is C35H49N3O7. The predicted molar refractivity (Wildman–Crippen MR) is 165 cm³/mol. The number of carbonyl (C=O) groups excluding carboxylic acids is 4. The first-order chi connectivity index (χ1) is 21.3. The summed E-state index contributed by atoms with van der Waals surface area (Å²) < 4.78 is 18.7. The number of benzene rings is 1. The first-order valence-electron chi connectivity index (χ1n) is 16.9. The maximum atomic E-state index is 15.2. The number of nitrogens with zero attached hydrogens (tertiary/aromatic N) is 2. The second-order valence-electron chi connectivity index (χ2n) is 15.2. The second-order valence-corrected chi connectivity index (χ2v) is 15.2.